The molecule has 0 saturated carbocycles. The number of ether oxygens (including phenoxy) is 4. The standard InChI is InChI=1S/C19H18N2O4/c1-22-14-10-15(23-2)12-16(11-14)25-19-17(5-4-7-21-19)13-6-8-20-18(9-13)24-3/h4-12H,1-3H3. The minimum Gasteiger partial charge on any atom is -0.496 e. The van der Waals surface area contributed by atoms with E-state index < -0.39 is 0 Å². The third kappa shape index (κ3) is 3.80. The topological polar surface area (TPSA) is 62.7 Å². The van der Waals surface area contributed by atoms with Gasteiger partial charge in [-0.3, -0.25) is 0 Å². The Kier molecular flexibility index (Phi) is 4.99. The van der Waals surface area contributed by atoms with Crippen molar-refractivity contribution in [2.45, 2.75) is 0 Å². The summed E-state index contributed by atoms with van der Waals surface area (Å²) in [6.07, 6.45) is 3.36. The number of hydrogen-bond donors (Lipinski definition) is 0. The average molecular weight is 338 g/mol. The molecule has 2 heterocycles. The summed E-state index contributed by atoms with van der Waals surface area (Å²) in [4.78, 5) is 8.48. The number of benzene rings is 1. The van der Waals surface area contributed by atoms with Crippen molar-refractivity contribution in [3.8, 4) is 40.1 Å². The molecule has 0 aliphatic carbocycles. The first kappa shape index (κ1) is 16.6. The maximum absolute atomic E-state index is 5.99. The molecule has 0 bridgehead atoms. The second-order valence-corrected chi connectivity index (χ2v) is 5.09. The van der Waals surface area contributed by atoms with Crippen LogP contribution >= 0.6 is 0 Å². The highest BCUT2D eigenvalue weighted by atomic mass is 16.5. The summed E-state index contributed by atoms with van der Waals surface area (Å²) < 4.78 is 21.7. The molecule has 1 aromatic carbocycles. The maximum atomic E-state index is 5.99. The monoisotopic (exact) mass is 338 g/mol. The number of nitrogens with zero attached hydrogens (tertiary/aromatic N) is 2. The molecule has 6 heteroatoms. The number of hydrogen-bond acceptors (Lipinski definition) is 6. The van der Waals surface area contributed by atoms with Crippen LogP contribution in [0.5, 0.6) is 29.0 Å². The van der Waals surface area contributed by atoms with Crippen LogP contribution in [0.15, 0.2) is 54.9 Å². The molecule has 6 nitrogen and oxygen atoms in total. The van der Waals surface area contributed by atoms with Crippen LogP contribution in [0.25, 0.3) is 11.1 Å². The second kappa shape index (κ2) is 7.53. The summed E-state index contributed by atoms with van der Waals surface area (Å²) in [7, 11) is 4.76. The molecule has 25 heavy (non-hydrogen) atoms. The Labute approximate surface area is 146 Å². The van der Waals surface area contributed by atoms with Crippen molar-refractivity contribution >= 4 is 0 Å². The zero-order valence-corrected chi connectivity index (χ0v) is 14.2. The van der Waals surface area contributed by atoms with E-state index >= 15 is 0 Å². The second-order valence-electron chi connectivity index (χ2n) is 5.09. The lowest BCUT2D eigenvalue weighted by molar-refractivity contribution is 0.385. The normalized spacial score (nSPS) is 10.2. The Morgan fingerprint density at radius 2 is 1.44 bits per heavy atom. The van der Waals surface area contributed by atoms with Gasteiger partial charge in [0, 0.05) is 42.2 Å². The summed E-state index contributed by atoms with van der Waals surface area (Å²) in [6, 6.07) is 12.8. The van der Waals surface area contributed by atoms with Crippen molar-refractivity contribution in [1.82, 2.24) is 9.97 Å². The van der Waals surface area contributed by atoms with Gasteiger partial charge < -0.3 is 18.9 Å². The maximum Gasteiger partial charge on any atom is 0.227 e. The molecule has 0 spiro atoms. The number of pyridine rings is 2. The van der Waals surface area contributed by atoms with E-state index in [4.69, 9.17) is 18.9 Å². The predicted molar refractivity (Wildman–Crippen MR) is 93.6 cm³/mol. The van der Waals surface area contributed by atoms with E-state index in [1.165, 1.54) is 0 Å². The van der Waals surface area contributed by atoms with E-state index in [9.17, 15) is 0 Å². The first-order valence-corrected chi connectivity index (χ1v) is 7.60. The van der Waals surface area contributed by atoms with Gasteiger partial charge in [-0.25, -0.2) is 9.97 Å². The van der Waals surface area contributed by atoms with E-state index in [1.54, 1.807) is 51.9 Å². The van der Waals surface area contributed by atoms with Crippen LogP contribution in [-0.2, 0) is 0 Å². The highest BCUT2D eigenvalue weighted by molar-refractivity contribution is 5.69. The average Bonchev–Trinajstić information content (AvgIpc) is 2.68. The molecule has 0 radical (unpaired) electrons. The van der Waals surface area contributed by atoms with Gasteiger partial charge in [-0.1, -0.05) is 0 Å². The molecular formula is C19H18N2O4. The first-order chi connectivity index (χ1) is 12.2. The predicted octanol–water partition coefficient (Wildman–Crippen LogP) is 3.96. The fourth-order valence-corrected chi connectivity index (χ4v) is 2.33. The molecule has 3 rings (SSSR count). The van der Waals surface area contributed by atoms with Gasteiger partial charge in [0.2, 0.25) is 11.8 Å². The Morgan fingerprint density at radius 3 is 2.12 bits per heavy atom. The third-order valence-electron chi connectivity index (χ3n) is 3.57. The van der Waals surface area contributed by atoms with Crippen molar-refractivity contribution in [2.75, 3.05) is 21.3 Å². The molecule has 0 amide bonds. The lowest BCUT2D eigenvalue weighted by atomic mass is 10.1. The van der Waals surface area contributed by atoms with Gasteiger partial charge in [0.15, 0.2) is 0 Å². The SMILES string of the molecule is COc1cc(OC)cc(Oc2ncccc2-c2ccnc(OC)c2)c1. The van der Waals surface area contributed by atoms with Crippen molar-refractivity contribution in [2.24, 2.45) is 0 Å². The van der Waals surface area contributed by atoms with E-state index in [2.05, 4.69) is 9.97 Å². The van der Waals surface area contributed by atoms with Crippen LogP contribution < -0.4 is 18.9 Å². The Bertz CT molecular complexity index is 845. The van der Waals surface area contributed by atoms with Crippen molar-refractivity contribution in [3.05, 3.63) is 54.9 Å². The van der Waals surface area contributed by atoms with Crippen LogP contribution in [0.3, 0.4) is 0 Å². The van der Waals surface area contributed by atoms with E-state index in [1.807, 2.05) is 24.3 Å². The van der Waals surface area contributed by atoms with Crippen molar-refractivity contribution in [3.63, 3.8) is 0 Å². The molecule has 128 valence electrons. The lowest BCUT2D eigenvalue weighted by Crippen LogP contribution is -1.94. The van der Waals surface area contributed by atoms with Gasteiger partial charge in [-0.2, -0.15) is 0 Å². The zero-order chi connectivity index (χ0) is 17.6. The van der Waals surface area contributed by atoms with Crippen molar-refractivity contribution < 1.29 is 18.9 Å². The highest BCUT2D eigenvalue weighted by Crippen LogP contribution is 2.35. The molecule has 0 N–H and O–H groups in total. The number of rotatable bonds is 6. The summed E-state index contributed by atoms with van der Waals surface area (Å²) in [5, 5.41) is 0. The molecule has 0 saturated heterocycles. The van der Waals surface area contributed by atoms with E-state index in [0.717, 1.165) is 11.1 Å². The largest absolute Gasteiger partial charge is 0.496 e. The smallest absolute Gasteiger partial charge is 0.227 e. The minimum atomic E-state index is 0.464. The van der Waals surface area contributed by atoms with Gasteiger partial charge in [-0.15, -0.1) is 0 Å². The summed E-state index contributed by atoms with van der Waals surface area (Å²) in [5.41, 5.74) is 1.72. The molecule has 0 atom stereocenters. The number of methoxy groups -OCH3 is 3. The van der Waals surface area contributed by atoms with Crippen molar-refractivity contribution in [1.29, 1.82) is 0 Å². The molecule has 0 unspecified atom stereocenters. The Balaban J connectivity index is 1.99. The summed E-state index contributed by atoms with van der Waals surface area (Å²) in [6.45, 7) is 0. The fourth-order valence-electron chi connectivity index (χ4n) is 2.33. The van der Waals surface area contributed by atoms with E-state index in [-0.39, 0.29) is 0 Å². The lowest BCUT2D eigenvalue weighted by Gasteiger charge is -2.12. The van der Waals surface area contributed by atoms with Gasteiger partial charge in [0.25, 0.3) is 0 Å². The highest BCUT2D eigenvalue weighted by Gasteiger charge is 2.11. The van der Waals surface area contributed by atoms with Gasteiger partial charge in [0.05, 0.1) is 21.3 Å². The molecule has 0 aliphatic rings. The molecule has 0 aliphatic heterocycles. The van der Waals surface area contributed by atoms with Crippen LogP contribution in [0.1, 0.15) is 0 Å². The first-order valence-electron chi connectivity index (χ1n) is 7.60. The van der Waals surface area contributed by atoms with Crippen LogP contribution in [0.4, 0.5) is 0 Å². The zero-order valence-electron chi connectivity index (χ0n) is 14.2. The molecular weight excluding hydrogens is 320 g/mol. The molecule has 2 aromatic heterocycles. The fraction of sp³-hybridized carbons (Fsp3) is 0.158. The molecule has 3 aromatic rings. The van der Waals surface area contributed by atoms with Gasteiger partial charge in [-0.05, 0) is 23.8 Å². The quantitative estimate of drug-likeness (QED) is 0.678. The van der Waals surface area contributed by atoms with Crippen LogP contribution in [-0.4, -0.2) is 31.3 Å². The number of aromatic nitrogens is 2. The van der Waals surface area contributed by atoms with E-state index in [0.29, 0.717) is 29.0 Å². The summed E-state index contributed by atoms with van der Waals surface area (Å²) >= 11 is 0. The van der Waals surface area contributed by atoms with Crippen LogP contribution in [0.2, 0.25) is 0 Å². The van der Waals surface area contributed by atoms with Gasteiger partial charge >= 0.3 is 0 Å². The van der Waals surface area contributed by atoms with Crippen LogP contribution in [0, 0.1) is 0 Å². The molecule has 0 fully saturated rings. The van der Waals surface area contributed by atoms with Gasteiger partial charge in [0.1, 0.15) is 17.2 Å². The minimum absolute atomic E-state index is 0.464. The third-order valence-corrected chi connectivity index (χ3v) is 3.57. The Morgan fingerprint density at radius 1 is 0.720 bits per heavy atom. The summed E-state index contributed by atoms with van der Waals surface area (Å²) in [5.74, 6) is 2.83. The Hall–Kier alpha value is -3.28.